The molecule has 0 unspecified atom stereocenters. The predicted molar refractivity (Wildman–Crippen MR) is 94.9 cm³/mol. The number of hydrogen-bond acceptors (Lipinski definition) is 2. The fourth-order valence-electron chi connectivity index (χ4n) is 2.20. The molecule has 122 valence electrons. The number of nitrogens with two attached hydrogens (primary N) is 3. The molecule has 0 atom stereocenters. The zero-order valence-corrected chi connectivity index (χ0v) is 13.2. The minimum Gasteiger partial charge on any atom is -0.370 e. The number of aliphatic imine (C=N–C) groups is 1. The number of amides is 2. The minimum absolute atomic E-state index is 0.275. The zero-order valence-electron chi connectivity index (χ0n) is 13.2. The van der Waals surface area contributed by atoms with Crippen molar-refractivity contribution in [2.24, 2.45) is 22.2 Å². The number of primary amides is 1. The Bertz CT molecular complexity index is 832. The van der Waals surface area contributed by atoms with E-state index in [0.29, 0.717) is 11.1 Å². The summed E-state index contributed by atoms with van der Waals surface area (Å²) < 4.78 is 0. The quantitative estimate of drug-likeness (QED) is 0.449. The lowest BCUT2D eigenvalue weighted by molar-refractivity contribution is -0.114. The Morgan fingerprint density at radius 1 is 0.958 bits per heavy atom. The van der Waals surface area contributed by atoms with Gasteiger partial charge in [0.15, 0.2) is 5.96 Å². The van der Waals surface area contributed by atoms with E-state index in [1.54, 1.807) is 37.3 Å². The molecule has 24 heavy (non-hydrogen) atoms. The third-order valence-corrected chi connectivity index (χ3v) is 3.38. The maximum Gasteiger partial charge on any atom is 0.275 e. The number of benzene rings is 2. The zero-order chi connectivity index (χ0) is 17.7. The molecule has 6 heteroatoms. The van der Waals surface area contributed by atoms with Crippen molar-refractivity contribution < 1.29 is 9.59 Å². The van der Waals surface area contributed by atoms with Crippen molar-refractivity contribution in [3.8, 4) is 11.1 Å². The van der Waals surface area contributed by atoms with Gasteiger partial charge in [-0.25, -0.2) is 0 Å². The van der Waals surface area contributed by atoms with Gasteiger partial charge in [0.25, 0.3) is 5.91 Å². The highest BCUT2D eigenvalue weighted by atomic mass is 16.1. The molecule has 2 rings (SSSR count). The van der Waals surface area contributed by atoms with Crippen LogP contribution in [-0.4, -0.2) is 17.8 Å². The second-order valence-electron chi connectivity index (χ2n) is 5.20. The van der Waals surface area contributed by atoms with Gasteiger partial charge in [0.2, 0.25) is 5.91 Å². The molecule has 2 amide bonds. The van der Waals surface area contributed by atoms with Gasteiger partial charge in [0.05, 0.1) is 0 Å². The van der Waals surface area contributed by atoms with E-state index in [9.17, 15) is 9.59 Å². The first-order valence-corrected chi connectivity index (χ1v) is 7.20. The minimum atomic E-state index is -0.492. The highest BCUT2D eigenvalue weighted by Gasteiger charge is 2.08. The lowest BCUT2D eigenvalue weighted by Gasteiger charge is -2.08. The molecule has 0 aliphatic carbocycles. The van der Waals surface area contributed by atoms with Gasteiger partial charge in [-0.05, 0) is 41.8 Å². The fraction of sp³-hybridized carbons (Fsp3) is 0.0556. The third kappa shape index (κ3) is 4.07. The molecule has 0 saturated carbocycles. The summed E-state index contributed by atoms with van der Waals surface area (Å²) >= 11 is 0. The Kier molecular flexibility index (Phi) is 5.11. The van der Waals surface area contributed by atoms with Crippen LogP contribution in [0.4, 0.5) is 0 Å². The van der Waals surface area contributed by atoms with Crippen LogP contribution in [0.1, 0.15) is 22.8 Å². The molecule has 0 fully saturated rings. The Balaban J connectivity index is 2.42. The van der Waals surface area contributed by atoms with Crippen LogP contribution in [-0.2, 0) is 4.79 Å². The average molecular weight is 322 g/mol. The van der Waals surface area contributed by atoms with Crippen molar-refractivity contribution in [3.05, 3.63) is 65.2 Å². The van der Waals surface area contributed by atoms with E-state index in [1.165, 1.54) is 0 Å². The molecule has 0 aliphatic heterocycles. The van der Waals surface area contributed by atoms with E-state index in [2.05, 4.69) is 4.99 Å². The summed E-state index contributed by atoms with van der Waals surface area (Å²) in [5, 5.41) is 0. The van der Waals surface area contributed by atoms with Crippen molar-refractivity contribution in [2.75, 3.05) is 0 Å². The van der Waals surface area contributed by atoms with E-state index < -0.39 is 11.8 Å². The van der Waals surface area contributed by atoms with Crippen LogP contribution < -0.4 is 17.2 Å². The van der Waals surface area contributed by atoms with Crippen LogP contribution in [0.25, 0.3) is 17.2 Å². The first-order chi connectivity index (χ1) is 11.4. The molecule has 0 aliphatic rings. The number of carbonyl (C=O) groups is 2. The lowest BCUT2D eigenvalue weighted by atomic mass is 9.97. The molecule has 6 N–H and O–H groups in total. The summed E-state index contributed by atoms with van der Waals surface area (Å²) in [6, 6.07) is 14.5. The Morgan fingerprint density at radius 3 is 2.17 bits per heavy atom. The molecule has 0 bridgehead atoms. The fourth-order valence-corrected chi connectivity index (χ4v) is 2.20. The van der Waals surface area contributed by atoms with Gasteiger partial charge in [-0.1, -0.05) is 36.4 Å². The first-order valence-electron chi connectivity index (χ1n) is 7.20. The largest absolute Gasteiger partial charge is 0.370 e. The molecule has 2 aromatic rings. The Morgan fingerprint density at radius 2 is 1.58 bits per heavy atom. The summed E-state index contributed by atoms with van der Waals surface area (Å²) in [7, 11) is 0. The van der Waals surface area contributed by atoms with E-state index in [-0.39, 0.29) is 5.96 Å². The van der Waals surface area contributed by atoms with Gasteiger partial charge in [-0.15, -0.1) is 0 Å². The first kappa shape index (κ1) is 17.0. The molecule has 0 aromatic heterocycles. The van der Waals surface area contributed by atoms with Crippen LogP contribution in [0.5, 0.6) is 0 Å². The molecule has 0 spiro atoms. The molecule has 0 radical (unpaired) electrons. The topological polar surface area (TPSA) is 125 Å². The normalized spacial score (nSPS) is 11.0. The number of rotatable bonds is 4. The third-order valence-electron chi connectivity index (χ3n) is 3.38. The van der Waals surface area contributed by atoms with E-state index in [1.807, 2.05) is 24.3 Å². The number of hydrogen-bond donors (Lipinski definition) is 3. The monoisotopic (exact) mass is 322 g/mol. The second kappa shape index (κ2) is 7.23. The maximum atomic E-state index is 11.9. The molecular weight excluding hydrogens is 304 g/mol. The van der Waals surface area contributed by atoms with E-state index in [0.717, 1.165) is 16.7 Å². The number of carbonyl (C=O) groups excluding carboxylic acids is 2. The standard InChI is InChI=1S/C18H18N4O2/c1-11(17(24)22-18(20)21)10-14-4-2-3-5-15(14)12-6-8-13(9-7-12)16(19)23/h2-10H,1H3,(H2,19,23)(H4,20,21,22,24). The van der Waals surface area contributed by atoms with Crippen LogP contribution in [0.3, 0.4) is 0 Å². The van der Waals surface area contributed by atoms with E-state index >= 15 is 0 Å². The summed E-state index contributed by atoms with van der Waals surface area (Å²) in [4.78, 5) is 26.5. The number of guanidine groups is 1. The SMILES string of the molecule is CC(=Cc1ccccc1-c1ccc(C(N)=O)cc1)C(=O)N=C(N)N. The van der Waals surface area contributed by atoms with Crippen molar-refractivity contribution in [1.29, 1.82) is 0 Å². The summed E-state index contributed by atoms with van der Waals surface area (Å²) in [6.07, 6.45) is 1.71. The molecule has 0 heterocycles. The van der Waals surface area contributed by atoms with E-state index in [4.69, 9.17) is 17.2 Å². The van der Waals surface area contributed by atoms with Gasteiger partial charge in [0, 0.05) is 11.1 Å². The molecular formula is C18H18N4O2. The average Bonchev–Trinajstić information content (AvgIpc) is 2.54. The highest BCUT2D eigenvalue weighted by molar-refractivity contribution is 6.04. The van der Waals surface area contributed by atoms with Crippen molar-refractivity contribution in [1.82, 2.24) is 0 Å². The lowest BCUT2D eigenvalue weighted by Crippen LogP contribution is -2.24. The van der Waals surface area contributed by atoms with Crippen LogP contribution >= 0.6 is 0 Å². The van der Waals surface area contributed by atoms with Gasteiger partial charge < -0.3 is 17.2 Å². The highest BCUT2D eigenvalue weighted by Crippen LogP contribution is 2.26. The summed E-state index contributed by atoms with van der Waals surface area (Å²) in [5.41, 5.74) is 19.2. The molecule has 0 saturated heterocycles. The Hall–Kier alpha value is -3.41. The van der Waals surface area contributed by atoms with Crippen LogP contribution in [0, 0.1) is 0 Å². The van der Waals surface area contributed by atoms with Crippen molar-refractivity contribution in [3.63, 3.8) is 0 Å². The molecule has 6 nitrogen and oxygen atoms in total. The van der Waals surface area contributed by atoms with Gasteiger partial charge in [-0.2, -0.15) is 4.99 Å². The summed E-state index contributed by atoms with van der Waals surface area (Å²) in [5.74, 6) is -1.25. The smallest absolute Gasteiger partial charge is 0.275 e. The van der Waals surface area contributed by atoms with Crippen LogP contribution in [0.15, 0.2) is 59.1 Å². The van der Waals surface area contributed by atoms with Gasteiger partial charge in [-0.3, -0.25) is 9.59 Å². The molecule has 2 aromatic carbocycles. The van der Waals surface area contributed by atoms with Gasteiger partial charge in [0.1, 0.15) is 0 Å². The maximum absolute atomic E-state index is 11.9. The second-order valence-corrected chi connectivity index (χ2v) is 5.20. The number of nitrogens with zero attached hydrogens (tertiary/aromatic N) is 1. The predicted octanol–water partition coefficient (Wildman–Crippen LogP) is 1.66. The van der Waals surface area contributed by atoms with Crippen molar-refractivity contribution in [2.45, 2.75) is 6.92 Å². The van der Waals surface area contributed by atoms with Crippen molar-refractivity contribution >= 4 is 23.8 Å². The summed E-state index contributed by atoms with van der Waals surface area (Å²) in [6.45, 7) is 1.64. The van der Waals surface area contributed by atoms with Crippen LogP contribution in [0.2, 0.25) is 0 Å². The van der Waals surface area contributed by atoms with Gasteiger partial charge >= 0.3 is 0 Å². The Labute approximate surface area is 139 Å².